The maximum Gasteiger partial charge on any atom is 0.262 e. The van der Waals surface area contributed by atoms with E-state index in [-0.39, 0.29) is 17.9 Å². The Hall–Kier alpha value is -2.51. The molecule has 1 amide bonds. The fourth-order valence-corrected chi connectivity index (χ4v) is 4.35. The van der Waals surface area contributed by atoms with Gasteiger partial charge in [0.05, 0.1) is 12.0 Å². The van der Waals surface area contributed by atoms with Crippen molar-refractivity contribution in [2.24, 2.45) is 5.73 Å². The molecular weight excluding hydrogens is 374 g/mol. The van der Waals surface area contributed by atoms with Crippen molar-refractivity contribution in [1.82, 2.24) is 9.55 Å². The first-order valence-electron chi connectivity index (χ1n) is 9.28. The minimum atomic E-state index is -0.368. The van der Waals surface area contributed by atoms with E-state index in [2.05, 4.69) is 32.0 Å². The quantitative estimate of drug-likeness (QED) is 0.630. The van der Waals surface area contributed by atoms with Crippen molar-refractivity contribution in [2.75, 3.05) is 13.7 Å². The Bertz CT molecular complexity index is 1070. The van der Waals surface area contributed by atoms with Crippen molar-refractivity contribution in [2.45, 2.75) is 39.7 Å². The van der Waals surface area contributed by atoms with Gasteiger partial charge in [-0.25, -0.2) is 4.98 Å². The second-order valence-corrected chi connectivity index (χ2v) is 7.80. The van der Waals surface area contributed by atoms with E-state index in [1.807, 2.05) is 5.38 Å². The average Bonchev–Trinajstić information content (AvgIpc) is 3.05. The molecule has 0 saturated carbocycles. The maximum atomic E-state index is 13.4. The highest BCUT2D eigenvalue weighted by molar-refractivity contribution is 7.17. The largest absolute Gasteiger partial charge is 0.384 e. The van der Waals surface area contributed by atoms with Gasteiger partial charge in [0.15, 0.2) is 0 Å². The molecule has 7 heteroatoms. The first-order chi connectivity index (χ1) is 13.4. The van der Waals surface area contributed by atoms with Crippen molar-refractivity contribution in [3.8, 4) is 11.1 Å². The van der Waals surface area contributed by atoms with E-state index in [0.717, 1.165) is 21.5 Å². The molecule has 28 heavy (non-hydrogen) atoms. The number of ether oxygens (including phenoxy) is 1. The van der Waals surface area contributed by atoms with Gasteiger partial charge in [0.2, 0.25) is 5.91 Å². The zero-order valence-corrected chi connectivity index (χ0v) is 17.3. The number of nitrogens with zero attached hydrogens (tertiary/aromatic N) is 2. The van der Waals surface area contributed by atoms with Crippen molar-refractivity contribution in [1.29, 1.82) is 0 Å². The lowest BCUT2D eigenvalue weighted by atomic mass is 9.99. The lowest BCUT2D eigenvalue weighted by Crippen LogP contribution is -2.26. The van der Waals surface area contributed by atoms with Gasteiger partial charge < -0.3 is 10.5 Å². The number of benzene rings is 1. The zero-order valence-electron chi connectivity index (χ0n) is 16.4. The van der Waals surface area contributed by atoms with Crippen LogP contribution in [0.2, 0.25) is 0 Å². The summed E-state index contributed by atoms with van der Waals surface area (Å²) in [4.78, 5) is 30.0. The van der Waals surface area contributed by atoms with Gasteiger partial charge in [-0.15, -0.1) is 11.3 Å². The molecule has 0 fully saturated rings. The lowest BCUT2D eigenvalue weighted by molar-refractivity contribution is -0.118. The van der Waals surface area contributed by atoms with Crippen LogP contribution in [0.1, 0.15) is 29.8 Å². The summed E-state index contributed by atoms with van der Waals surface area (Å²) in [6.45, 7) is 4.99. The number of aryl methyl sites for hydroxylation is 2. The van der Waals surface area contributed by atoms with Crippen LogP contribution < -0.4 is 11.3 Å². The van der Waals surface area contributed by atoms with Crippen LogP contribution in [-0.2, 0) is 22.5 Å². The molecule has 0 atom stereocenters. The summed E-state index contributed by atoms with van der Waals surface area (Å²) in [5, 5.41) is 2.64. The number of primary amides is 1. The van der Waals surface area contributed by atoms with Gasteiger partial charge >= 0.3 is 0 Å². The van der Waals surface area contributed by atoms with Crippen LogP contribution in [0.4, 0.5) is 0 Å². The molecule has 0 spiro atoms. The average molecular weight is 400 g/mol. The number of carbonyl (C=O) groups is 1. The minimum absolute atomic E-state index is 0.0724. The topological polar surface area (TPSA) is 87.2 Å². The third kappa shape index (κ3) is 4.15. The van der Waals surface area contributed by atoms with Crippen molar-refractivity contribution >= 4 is 27.5 Å². The van der Waals surface area contributed by atoms with Gasteiger partial charge in [-0.05, 0) is 31.4 Å². The minimum Gasteiger partial charge on any atom is -0.384 e. The Labute approximate surface area is 168 Å². The number of hydrogen-bond acceptors (Lipinski definition) is 5. The van der Waals surface area contributed by atoms with Gasteiger partial charge in [0.25, 0.3) is 5.56 Å². The summed E-state index contributed by atoms with van der Waals surface area (Å²) >= 11 is 1.48. The van der Waals surface area contributed by atoms with E-state index < -0.39 is 0 Å². The first-order valence-corrected chi connectivity index (χ1v) is 10.2. The summed E-state index contributed by atoms with van der Waals surface area (Å²) in [7, 11) is 1.62. The first kappa shape index (κ1) is 20.2. The molecule has 0 unspecified atom stereocenters. The Kier molecular flexibility index (Phi) is 6.26. The highest BCUT2D eigenvalue weighted by Crippen LogP contribution is 2.33. The van der Waals surface area contributed by atoms with E-state index in [9.17, 15) is 9.59 Å². The van der Waals surface area contributed by atoms with E-state index >= 15 is 0 Å². The molecule has 0 saturated heterocycles. The normalized spacial score (nSPS) is 11.2. The lowest BCUT2D eigenvalue weighted by Gasteiger charge is -2.13. The molecule has 0 bridgehead atoms. The van der Waals surface area contributed by atoms with Crippen LogP contribution >= 0.6 is 11.3 Å². The van der Waals surface area contributed by atoms with E-state index in [1.165, 1.54) is 16.9 Å². The number of aromatic nitrogens is 2. The van der Waals surface area contributed by atoms with Crippen LogP contribution in [0, 0.1) is 13.8 Å². The molecule has 0 aliphatic carbocycles. The number of carbonyl (C=O) groups excluding carboxylic acids is 1. The Morgan fingerprint density at radius 2 is 2.07 bits per heavy atom. The molecule has 0 radical (unpaired) electrons. The van der Waals surface area contributed by atoms with Gasteiger partial charge in [-0.2, -0.15) is 0 Å². The summed E-state index contributed by atoms with van der Waals surface area (Å²) in [5.74, 6) is 0.310. The van der Waals surface area contributed by atoms with Crippen LogP contribution in [-0.4, -0.2) is 29.2 Å². The molecule has 2 aromatic heterocycles. The van der Waals surface area contributed by atoms with E-state index in [1.54, 1.807) is 11.7 Å². The van der Waals surface area contributed by atoms with Crippen molar-refractivity contribution in [3.63, 3.8) is 0 Å². The number of rotatable bonds is 8. The molecule has 6 nitrogen and oxygen atoms in total. The molecule has 2 N–H and O–H groups in total. The predicted molar refractivity (Wildman–Crippen MR) is 113 cm³/mol. The smallest absolute Gasteiger partial charge is 0.262 e. The van der Waals surface area contributed by atoms with Gasteiger partial charge in [0, 0.05) is 37.4 Å². The van der Waals surface area contributed by atoms with E-state index in [0.29, 0.717) is 37.2 Å². The summed E-state index contributed by atoms with van der Waals surface area (Å²) in [5.41, 5.74) is 9.45. The SMILES string of the molecule is COCCc1nc2scc(-c3ccc(C)cc3C)c2c(=O)n1CCCC(N)=O. The standard InChI is InChI=1S/C21H25N3O3S/c1-13-6-7-15(14(2)11-13)16-12-28-20-19(16)21(26)24(9-4-5-17(22)25)18(23-20)8-10-27-3/h6-7,11-12H,4-5,8-10H2,1-3H3,(H2,22,25). The molecule has 0 aliphatic heterocycles. The van der Waals surface area contributed by atoms with Crippen molar-refractivity contribution < 1.29 is 9.53 Å². The van der Waals surface area contributed by atoms with Crippen LogP contribution in [0.25, 0.3) is 21.3 Å². The second kappa shape index (κ2) is 8.67. The Morgan fingerprint density at radius 3 is 2.75 bits per heavy atom. The monoisotopic (exact) mass is 399 g/mol. The van der Waals surface area contributed by atoms with E-state index in [4.69, 9.17) is 15.5 Å². The van der Waals surface area contributed by atoms with Gasteiger partial charge in [-0.1, -0.05) is 23.8 Å². The van der Waals surface area contributed by atoms with Crippen LogP contribution in [0.5, 0.6) is 0 Å². The summed E-state index contributed by atoms with van der Waals surface area (Å²) in [6.07, 6.45) is 1.28. The number of nitrogens with two attached hydrogens (primary N) is 1. The fraction of sp³-hybridized carbons (Fsp3) is 0.381. The maximum absolute atomic E-state index is 13.4. The Morgan fingerprint density at radius 1 is 1.29 bits per heavy atom. The third-order valence-electron chi connectivity index (χ3n) is 4.78. The number of fused-ring (bicyclic) bond motifs is 1. The molecule has 0 aliphatic rings. The van der Waals surface area contributed by atoms with Gasteiger partial charge in [0.1, 0.15) is 10.7 Å². The second-order valence-electron chi connectivity index (χ2n) is 6.95. The Balaban J connectivity index is 2.14. The molecule has 3 aromatic rings. The molecule has 2 heterocycles. The molecular formula is C21H25N3O3S. The fourth-order valence-electron chi connectivity index (χ4n) is 3.41. The third-order valence-corrected chi connectivity index (χ3v) is 5.65. The number of hydrogen-bond donors (Lipinski definition) is 1. The molecule has 1 aromatic carbocycles. The van der Waals surface area contributed by atoms with Crippen LogP contribution in [0.3, 0.4) is 0 Å². The number of methoxy groups -OCH3 is 1. The predicted octanol–water partition coefficient (Wildman–Crippen LogP) is 3.20. The molecule has 148 valence electrons. The zero-order chi connectivity index (χ0) is 20.3. The molecule has 3 rings (SSSR count). The number of amides is 1. The highest BCUT2D eigenvalue weighted by atomic mass is 32.1. The highest BCUT2D eigenvalue weighted by Gasteiger charge is 2.18. The summed E-state index contributed by atoms with van der Waals surface area (Å²) < 4.78 is 6.84. The number of thiophene rings is 1. The summed E-state index contributed by atoms with van der Waals surface area (Å²) in [6, 6.07) is 6.23. The van der Waals surface area contributed by atoms with Crippen LogP contribution in [0.15, 0.2) is 28.4 Å². The van der Waals surface area contributed by atoms with Crippen molar-refractivity contribution in [3.05, 3.63) is 50.9 Å². The van der Waals surface area contributed by atoms with Gasteiger partial charge in [-0.3, -0.25) is 14.2 Å².